The van der Waals surface area contributed by atoms with E-state index in [4.69, 9.17) is 15.2 Å². The highest BCUT2D eigenvalue weighted by Crippen LogP contribution is 2.28. The summed E-state index contributed by atoms with van der Waals surface area (Å²) in [6.07, 6.45) is 1.42. The Morgan fingerprint density at radius 2 is 1.90 bits per heavy atom. The Balaban J connectivity index is 2.15. The van der Waals surface area contributed by atoms with Gasteiger partial charge in [0.2, 0.25) is 5.88 Å². The lowest BCUT2D eigenvalue weighted by atomic mass is 10.3. The molecular formula is C15H20N4O2. The van der Waals surface area contributed by atoms with Crippen LogP contribution in [-0.4, -0.2) is 22.7 Å². The van der Waals surface area contributed by atoms with Gasteiger partial charge in [-0.3, -0.25) is 0 Å². The molecule has 0 aliphatic rings. The molecule has 0 unspecified atom stereocenters. The van der Waals surface area contributed by atoms with Crippen LogP contribution in [-0.2, 0) is 0 Å². The Kier molecular flexibility index (Phi) is 4.81. The fraction of sp³-hybridized carbons (Fsp3) is 0.333. The van der Waals surface area contributed by atoms with Gasteiger partial charge in [0.1, 0.15) is 17.8 Å². The highest BCUT2D eigenvalue weighted by atomic mass is 16.5. The summed E-state index contributed by atoms with van der Waals surface area (Å²) in [6, 6.07) is 7.56. The van der Waals surface area contributed by atoms with Crippen molar-refractivity contribution >= 4 is 17.2 Å². The Labute approximate surface area is 124 Å². The van der Waals surface area contributed by atoms with Crippen molar-refractivity contribution in [2.75, 3.05) is 17.7 Å². The monoisotopic (exact) mass is 288 g/mol. The van der Waals surface area contributed by atoms with Crippen molar-refractivity contribution in [1.82, 2.24) is 9.97 Å². The van der Waals surface area contributed by atoms with E-state index in [9.17, 15) is 0 Å². The van der Waals surface area contributed by atoms with Gasteiger partial charge in [0.25, 0.3) is 0 Å². The minimum Gasteiger partial charge on any atom is -0.494 e. The lowest BCUT2D eigenvalue weighted by Crippen LogP contribution is -2.10. The minimum absolute atomic E-state index is 0.000487. The summed E-state index contributed by atoms with van der Waals surface area (Å²) >= 11 is 0. The lowest BCUT2D eigenvalue weighted by Gasteiger charge is -2.14. The highest BCUT2D eigenvalue weighted by molar-refractivity contribution is 5.72. The number of benzene rings is 1. The number of nitrogens with one attached hydrogen (secondary N) is 1. The van der Waals surface area contributed by atoms with Crippen LogP contribution in [0.25, 0.3) is 0 Å². The highest BCUT2D eigenvalue weighted by Gasteiger charge is 2.10. The van der Waals surface area contributed by atoms with E-state index in [-0.39, 0.29) is 6.10 Å². The van der Waals surface area contributed by atoms with Crippen LogP contribution in [0.15, 0.2) is 30.6 Å². The van der Waals surface area contributed by atoms with Crippen LogP contribution in [0, 0.1) is 0 Å². The second kappa shape index (κ2) is 6.78. The molecule has 0 amide bonds. The molecule has 2 rings (SSSR count). The summed E-state index contributed by atoms with van der Waals surface area (Å²) in [5.41, 5.74) is 7.27. The molecule has 0 bridgehead atoms. The number of ether oxygens (including phenoxy) is 2. The molecule has 112 valence electrons. The van der Waals surface area contributed by atoms with Crippen molar-refractivity contribution in [3.05, 3.63) is 30.6 Å². The second-order valence-electron chi connectivity index (χ2n) is 4.69. The SMILES string of the molecule is CCOc1ccc(Nc2ncnc(OC(C)C)c2N)cc1. The quantitative estimate of drug-likeness (QED) is 0.850. The van der Waals surface area contributed by atoms with Gasteiger partial charge in [-0.05, 0) is 45.0 Å². The van der Waals surface area contributed by atoms with E-state index >= 15 is 0 Å². The third-order valence-corrected chi connectivity index (χ3v) is 2.62. The van der Waals surface area contributed by atoms with E-state index in [0.717, 1.165) is 11.4 Å². The average molecular weight is 288 g/mol. The van der Waals surface area contributed by atoms with Gasteiger partial charge >= 0.3 is 0 Å². The van der Waals surface area contributed by atoms with Crippen LogP contribution >= 0.6 is 0 Å². The number of aromatic nitrogens is 2. The van der Waals surface area contributed by atoms with E-state index in [1.807, 2.05) is 45.0 Å². The van der Waals surface area contributed by atoms with Crippen LogP contribution in [0.1, 0.15) is 20.8 Å². The maximum Gasteiger partial charge on any atom is 0.242 e. The van der Waals surface area contributed by atoms with Crippen molar-refractivity contribution in [1.29, 1.82) is 0 Å². The third kappa shape index (κ3) is 3.98. The predicted octanol–water partition coefficient (Wildman–Crippen LogP) is 2.99. The van der Waals surface area contributed by atoms with Crippen LogP contribution in [0.4, 0.5) is 17.2 Å². The molecule has 3 N–H and O–H groups in total. The summed E-state index contributed by atoms with van der Waals surface area (Å²) in [6.45, 7) is 6.42. The zero-order chi connectivity index (χ0) is 15.2. The summed E-state index contributed by atoms with van der Waals surface area (Å²) in [5, 5.41) is 3.14. The summed E-state index contributed by atoms with van der Waals surface area (Å²) in [7, 11) is 0. The van der Waals surface area contributed by atoms with Gasteiger partial charge in [0.05, 0.1) is 12.7 Å². The number of nitrogens with two attached hydrogens (primary N) is 1. The van der Waals surface area contributed by atoms with Crippen molar-refractivity contribution in [3.63, 3.8) is 0 Å². The standard InChI is InChI=1S/C15H20N4O2/c1-4-20-12-7-5-11(6-8-12)19-14-13(16)15(18-9-17-14)21-10(2)3/h5-10H,4,16H2,1-3H3,(H,17,18,19). The molecule has 0 atom stereocenters. The Morgan fingerprint density at radius 3 is 2.52 bits per heavy atom. The van der Waals surface area contributed by atoms with Gasteiger partial charge in [-0.25, -0.2) is 4.98 Å². The molecule has 0 saturated heterocycles. The molecule has 0 aliphatic carbocycles. The van der Waals surface area contributed by atoms with Crippen LogP contribution < -0.4 is 20.5 Å². The van der Waals surface area contributed by atoms with Crippen LogP contribution in [0.2, 0.25) is 0 Å². The van der Waals surface area contributed by atoms with Gasteiger partial charge in [-0.2, -0.15) is 4.98 Å². The average Bonchev–Trinajstić information content (AvgIpc) is 2.45. The molecule has 21 heavy (non-hydrogen) atoms. The molecule has 1 aromatic carbocycles. The Hall–Kier alpha value is -2.50. The molecule has 0 saturated carbocycles. The molecule has 0 spiro atoms. The second-order valence-corrected chi connectivity index (χ2v) is 4.69. The van der Waals surface area contributed by atoms with Gasteiger partial charge < -0.3 is 20.5 Å². The zero-order valence-electron chi connectivity index (χ0n) is 12.5. The number of hydrogen-bond donors (Lipinski definition) is 2. The smallest absolute Gasteiger partial charge is 0.242 e. The number of anilines is 3. The summed E-state index contributed by atoms with van der Waals surface area (Å²) in [4.78, 5) is 8.18. The van der Waals surface area contributed by atoms with Crippen LogP contribution in [0.3, 0.4) is 0 Å². The molecule has 0 fully saturated rings. The first kappa shape index (κ1) is 14.9. The fourth-order valence-electron chi connectivity index (χ4n) is 1.73. The Bertz CT molecular complexity index is 585. The third-order valence-electron chi connectivity index (χ3n) is 2.62. The minimum atomic E-state index is 0.000487. The van der Waals surface area contributed by atoms with E-state index in [1.54, 1.807) is 0 Å². The Morgan fingerprint density at radius 1 is 1.19 bits per heavy atom. The first-order chi connectivity index (χ1) is 10.1. The number of hydrogen-bond acceptors (Lipinski definition) is 6. The maximum absolute atomic E-state index is 6.02. The number of rotatable bonds is 6. The van der Waals surface area contributed by atoms with Crippen LogP contribution in [0.5, 0.6) is 11.6 Å². The van der Waals surface area contributed by atoms with E-state index in [2.05, 4.69) is 15.3 Å². The van der Waals surface area contributed by atoms with E-state index in [0.29, 0.717) is 24.0 Å². The normalized spacial score (nSPS) is 10.5. The van der Waals surface area contributed by atoms with Gasteiger partial charge in [-0.15, -0.1) is 0 Å². The van der Waals surface area contributed by atoms with Crippen molar-refractivity contribution in [2.45, 2.75) is 26.9 Å². The lowest BCUT2D eigenvalue weighted by molar-refractivity contribution is 0.234. The van der Waals surface area contributed by atoms with E-state index < -0.39 is 0 Å². The molecule has 6 heteroatoms. The van der Waals surface area contributed by atoms with E-state index in [1.165, 1.54) is 6.33 Å². The molecule has 6 nitrogen and oxygen atoms in total. The molecule has 1 aromatic heterocycles. The first-order valence-corrected chi connectivity index (χ1v) is 6.87. The molecule has 2 aromatic rings. The fourth-order valence-corrected chi connectivity index (χ4v) is 1.73. The topological polar surface area (TPSA) is 82.3 Å². The van der Waals surface area contributed by atoms with Crippen molar-refractivity contribution < 1.29 is 9.47 Å². The summed E-state index contributed by atoms with van der Waals surface area (Å²) in [5.74, 6) is 1.72. The molecule has 0 aliphatic heterocycles. The molecule has 1 heterocycles. The molecule has 0 radical (unpaired) electrons. The van der Waals surface area contributed by atoms with Gasteiger partial charge in [-0.1, -0.05) is 0 Å². The first-order valence-electron chi connectivity index (χ1n) is 6.87. The number of nitrogens with zero attached hydrogens (tertiary/aromatic N) is 2. The largest absolute Gasteiger partial charge is 0.494 e. The van der Waals surface area contributed by atoms with Gasteiger partial charge in [0, 0.05) is 5.69 Å². The number of nitrogen functional groups attached to an aromatic ring is 1. The van der Waals surface area contributed by atoms with Crippen molar-refractivity contribution in [3.8, 4) is 11.6 Å². The predicted molar refractivity (Wildman–Crippen MR) is 83.1 cm³/mol. The zero-order valence-corrected chi connectivity index (χ0v) is 12.5. The van der Waals surface area contributed by atoms with Gasteiger partial charge in [0.15, 0.2) is 5.82 Å². The molecular weight excluding hydrogens is 268 g/mol. The maximum atomic E-state index is 6.02. The summed E-state index contributed by atoms with van der Waals surface area (Å²) < 4.78 is 10.9. The van der Waals surface area contributed by atoms with Crippen molar-refractivity contribution in [2.24, 2.45) is 0 Å².